The highest BCUT2D eigenvalue weighted by molar-refractivity contribution is 5.57. The number of piperazine rings is 1. The predicted octanol–water partition coefficient (Wildman–Crippen LogP) is 3.59. The lowest BCUT2D eigenvalue weighted by Crippen LogP contribution is -2.46. The molecule has 2 saturated heterocycles. The molecule has 4 rings (SSSR count). The molecule has 2 aromatic rings. The van der Waals surface area contributed by atoms with Gasteiger partial charge in [-0.15, -0.1) is 0 Å². The lowest BCUT2D eigenvalue weighted by molar-refractivity contribution is -0.0421. The highest BCUT2D eigenvalue weighted by atomic mass is 19.1. The van der Waals surface area contributed by atoms with Crippen molar-refractivity contribution in [2.75, 3.05) is 37.7 Å². The summed E-state index contributed by atoms with van der Waals surface area (Å²) in [5.41, 5.74) is 2.10. The quantitative estimate of drug-likeness (QED) is 0.772. The van der Waals surface area contributed by atoms with E-state index < -0.39 is 0 Å². The maximum absolute atomic E-state index is 14.3. The van der Waals surface area contributed by atoms with Crippen LogP contribution >= 0.6 is 0 Å². The smallest absolute Gasteiger partial charge is 0.190 e. The molecule has 27 heavy (non-hydrogen) atoms. The van der Waals surface area contributed by atoms with Gasteiger partial charge >= 0.3 is 0 Å². The molecule has 0 amide bonds. The van der Waals surface area contributed by atoms with Gasteiger partial charge in [0.1, 0.15) is 5.82 Å². The molecule has 2 aliphatic heterocycles. The van der Waals surface area contributed by atoms with Gasteiger partial charge in [-0.3, -0.25) is 4.90 Å². The number of halogens is 1. The Morgan fingerprint density at radius 3 is 2.74 bits per heavy atom. The van der Waals surface area contributed by atoms with Gasteiger partial charge in [-0.2, -0.15) is 5.10 Å². The fourth-order valence-corrected chi connectivity index (χ4v) is 3.84. The topological polar surface area (TPSA) is 37.9 Å². The highest BCUT2D eigenvalue weighted by Crippen LogP contribution is 2.26. The van der Waals surface area contributed by atoms with Crippen LogP contribution in [-0.4, -0.2) is 47.5 Å². The van der Waals surface area contributed by atoms with E-state index in [0.29, 0.717) is 11.4 Å². The molecule has 0 aliphatic carbocycles. The van der Waals surface area contributed by atoms with Crippen LogP contribution in [0.5, 0.6) is 0 Å². The van der Waals surface area contributed by atoms with Crippen LogP contribution in [0.1, 0.15) is 31.2 Å². The van der Waals surface area contributed by atoms with Gasteiger partial charge in [0.2, 0.25) is 0 Å². The Kier molecular flexibility index (Phi) is 5.37. The van der Waals surface area contributed by atoms with Gasteiger partial charge in [-0.25, -0.2) is 13.9 Å². The number of hydrogen-bond acceptors (Lipinski definition) is 4. The van der Waals surface area contributed by atoms with Gasteiger partial charge in [0.05, 0.1) is 18.0 Å². The third-order valence-corrected chi connectivity index (χ3v) is 5.34. The number of aromatic nitrogens is 2. The Morgan fingerprint density at radius 1 is 1.19 bits per heavy atom. The molecule has 2 aliphatic rings. The van der Waals surface area contributed by atoms with Crippen LogP contribution in [0.15, 0.2) is 30.5 Å². The molecule has 2 fully saturated rings. The second-order valence-corrected chi connectivity index (χ2v) is 7.10. The second kappa shape index (κ2) is 8.07. The van der Waals surface area contributed by atoms with Gasteiger partial charge in [-0.05, 0) is 37.5 Å². The van der Waals surface area contributed by atoms with Crippen LogP contribution < -0.4 is 4.90 Å². The zero-order chi connectivity index (χ0) is 18.6. The predicted molar refractivity (Wildman–Crippen MR) is 101 cm³/mol. The van der Waals surface area contributed by atoms with Crippen molar-refractivity contribution in [3.63, 3.8) is 0 Å². The van der Waals surface area contributed by atoms with Crippen molar-refractivity contribution in [1.82, 2.24) is 14.7 Å². The average Bonchev–Trinajstić information content (AvgIpc) is 3.17. The Balaban J connectivity index is 1.36. The summed E-state index contributed by atoms with van der Waals surface area (Å²) in [5.74, 6) is -0.315. The first kappa shape index (κ1) is 18.0. The number of rotatable bonds is 4. The van der Waals surface area contributed by atoms with Crippen molar-refractivity contribution < 1.29 is 9.13 Å². The normalized spacial score (nSPS) is 21.2. The van der Waals surface area contributed by atoms with Crippen LogP contribution in [0, 0.1) is 12.4 Å². The average molecular weight is 369 g/mol. The molecular weight excluding hydrogens is 345 g/mol. The molecule has 0 spiro atoms. The van der Waals surface area contributed by atoms with Gasteiger partial charge < -0.3 is 9.64 Å². The summed E-state index contributed by atoms with van der Waals surface area (Å²) in [5, 5.41) is 4.48. The minimum atomic E-state index is -0.315. The van der Waals surface area contributed by atoms with Gasteiger partial charge in [0, 0.05) is 45.5 Å². The van der Waals surface area contributed by atoms with Crippen molar-refractivity contribution in [3.05, 3.63) is 53.4 Å². The van der Waals surface area contributed by atoms with Crippen molar-refractivity contribution >= 4 is 11.4 Å². The lowest BCUT2D eigenvalue weighted by atomic mass is 10.2. The van der Waals surface area contributed by atoms with E-state index in [1.807, 2.05) is 10.9 Å². The summed E-state index contributed by atoms with van der Waals surface area (Å²) >= 11 is 0. The van der Waals surface area contributed by atoms with E-state index in [2.05, 4.69) is 25.8 Å². The van der Waals surface area contributed by atoms with Gasteiger partial charge in [-0.1, -0.05) is 6.07 Å². The van der Waals surface area contributed by atoms with E-state index in [1.54, 1.807) is 12.1 Å². The molecule has 3 heterocycles. The molecular formula is C20H24FN5O. The summed E-state index contributed by atoms with van der Waals surface area (Å²) in [6.45, 7) is 11.9. The summed E-state index contributed by atoms with van der Waals surface area (Å²) in [4.78, 5) is 7.71. The maximum Gasteiger partial charge on any atom is 0.190 e. The Hall–Kier alpha value is -2.43. The SMILES string of the molecule is [C-]#[N+]c1ccc(N2CCN(Cc3ccnn3C3CCCCO3)CC2)c(F)c1. The van der Waals surface area contributed by atoms with Crippen molar-refractivity contribution in [1.29, 1.82) is 0 Å². The fraction of sp³-hybridized carbons (Fsp3) is 0.500. The van der Waals surface area contributed by atoms with Crippen molar-refractivity contribution in [2.24, 2.45) is 0 Å². The molecule has 0 radical (unpaired) electrons. The molecule has 0 saturated carbocycles. The summed E-state index contributed by atoms with van der Waals surface area (Å²) in [7, 11) is 0. The van der Waals surface area contributed by atoms with Crippen LogP contribution in [0.4, 0.5) is 15.8 Å². The molecule has 0 bridgehead atoms. The van der Waals surface area contributed by atoms with Crippen LogP contribution in [-0.2, 0) is 11.3 Å². The van der Waals surface area contributed by atoms with Crippen molar-refractivity contribution in [3.8, 4) is 0 Å². The zero-order valence-electron chi connectivity index (χ0n) is 15.4. The molecule has 0 N–H and O–H groups in total. The summed E-state index contributed by atoms with van der Waals surface area (Å²) in [6.07, 6.45) is 5.23. The lowest BCUT2D eigenvalue weighted by Gasteiger charge is -2.36. The first-order valence-electron chi connectivity index (χ1n) is 9.53. The number of anilines is 1. The third-order valence-electron chi connectivity index (χ3n) is 5.34. The van der Waals surface area contributed by atoms with E-state index in [4.69, 9.17) is 11.3 Å². The Bertz CT molecular complexity index is 816. The summed E-state index contributed by atoms with van der Waals surface area (Å²) < 4.78 is 22.2. The first-order chi connectivity index (χ1) is 13.2. The standard InChI is InChI=1S/C20H24FN5O/c1-22-16-5-6-19(18(21)14-16)25-11-9-24(10-12-25)15-17-7-8-23-26(17)20-4-2-3-13-27-20/h5-8,14,20H,2-4,9-13,15H2. The number of hydrogen-bond donors (Lipinski definition) is 0. The van der Waals surface area contributed by atoms with Gasteiger partial charge in [0.25, 0.3) is 0 Å². The molecule has 1 atom stereocenters. The van der Waals surface area contributed by atoms with Crippen molar-refractivity contribution in [2.45, 2.75) is 32.0 Å². The molecule has 1 aromatic carbocycles. The molecule has 7 heteroatoms. The maximum atomic E-state index is 14.3. The molecule has 142 valence electrons. The largest absolute Gasteiger partial charge is 0.367 e. The molecule has 1 aromatic heterocycles. The Labute approximate surface area is 158 Å². The summed E-state index contributed by atoms with van der Waals surface area (Å²) in [6, 6.07) is 6.78. The first-order valence-corrected chi connectivity index (χ1v) is 9.53. The van der Waals surface area contributed by atoms with E-state index >= 15 is 0 Å². The molecule has 1 unspecified atom stereocenters. The second-order valence-electron chi connectivity index (χ2n) is 7.10. The third kappa shape index (κ3) is 3.97. The Morgan fingerprint density at radius 2 is 2.04 bits per heavy atom. The van der Waals surface area contributed by atoms with E-state index in [0.717, 1.165) is 52.2 Å². The number of benzene rings is 1. The highest BCUT2D eigenvalue weighted by Gasteiger charge is 2.23. The minimum absolute atomic E-state index is 0.0556. The van der Waals surface area contributed by atoms with Crippen LogP contribution in [0.3, 0.4) is 0 Å². The minimum Gasteiger partial charge on any atom is -0.367 e. The number of nitrogens with zero attached hydrogens (tertiary/aromatic N) is 5. The number of ether oxygens (including phenoxy) is 1. The van der Waals surface area contributed by atoms with E-state index in [1.165, 1.54) is 18.2 Å². The molecule has 6 nitrogen and oxygen atoms in total. The van der Waals surface area contributed by atoms with E-state index in [9.17, 15) is 4.39 Å². The van der Waals surface area contributed by atoms with Crippen LogP contribution in [0.2, 0.25) is 0 Å². The fourth-order valence-electron chi connectivity index (χ4n) is 3.84. The monoisotopic (exact) mass is 369 g/mol. The van der Waals surface area contributed by atoms with Gasteiger partial charge in [0.15, 0.2) is 11.9 Å². The van der Waals surface area contributed by atoms with Crippen LogP contribution in [0.25, 0.3) is 4.85 Å². The zero-order valence-corrected chi connectivity index (χ0v) is 15.4. The van der Waals surface area contributed by atoms with E-state index in [-0.39, 0.29) is 12.0 Å².